The molecule has 0 radical (unpaired) electrons. The number of aryl methyl sites for hydroxylation is 3. The van der Waals surface area contributed by atoms with Crippen LogP contribution < -0.4 is 9.47 Å². The number of hydrogen-bond acceptors (Lipinski definition) is 7. The lowest BCUT2D eigenvalue weighted by Crippen LogP contribution is -2.36. The minimum Gasteiger partial charge on any atom is -0.454 e. The first-order valence-electron chi connectivity index (χ1n) is 10.3. The van der Waals surface area contributed by atoms with E-state index in [1.165, 1.54) is 0 Å². The smallest absolute Gasteiger partial charge is 0.247 e. The Morgan fingerprint density at radius 1 is 1.19 bits per heavy atom. The van der Waals surface area contributed by atoms with Crippen molar-refractivity contribution >= 4 is 5.91 Å². The third-order valence-electron chi connectivity index (χ3n) is 5.57. The summed E-state index contributed by atoms with van der Waals surface area (Å²) in [6.07, 6.45) is 0.671. The summed E-state index contributed by atoms with van der Waals surface area (Å²) >= 11 is 0. The number of carbonyl (C=O) groups excluding carboxylic acids is 1. The maximum Gasteiger partial charge on any atom is 0.247 e. The van der Waals surface area contributed by atoms with Crippen LogP contribution in [0.4, 0.5) is 0 Å². The maximum atomic E-state index is 13.0. The van der Waals surface area contributed by atoms with Crippen molar-refractivity contribution in [2.75, 3.05) is 6.79 Å². The van der Waals surface area contributed by atoms with Crippen molar-refractivity contribution in [1.82, 2.24) is 24.9 Å². The monoisotopic (exact) mass is 425 g/mol. The molecule has 0 atom stereocenters. The third kappa shape index (κ3) is 4.26. The quantitative estimate of drug-likeness (QED) is 0.574. The van der Waals surface area contributed by atoms with Gasteiger partial charge in [-0.25, -0.2) is 0 Å². The van der Waals surface area contributed by atoms with E-state index in [0.29, 0.717) is 42.7 Å². The fourth-order valence-corrected chi connectivity index (χ4v) is 3.63. The van der Waals surface area contributed by atoms with E-state index in [0.717, 1.165) is 22.5 Å². The Kier molecular flexibility index (Phi) is 5.67. The number of fused-ring (bicyclic) bond motifs is 1. The van der Waals surface area contributed by atoms with Crippen molar-refractivity contribution in [3.63, 3.8) is 0 Å². The van der Waals surface area contributed by atoms with Crippen molar-refractivity contribution in [3.8, 4) is 23.0 Å². The molecule has 0 spiro atoms. The molecule has 9 nitrogen and oxygen atoms in total. The molecular weight excluding hydrogens is 398 g/mol. The highest BCUT2D eigenvalue weighted by atomic mass is 16.7. The number of benzene rings is 1. The molecule has 2 aromatic heterocycles. The lowest BCUT2D eigenvalue weighted by atomic mass is 10.1. The van der Waals surface area contributed by atoms with Gasteiger partial charge in [0, 0.05) is 49.3 Å². The molecule has 0 saturated heterocycles. The minimum absolute atomic E-state index is 0.0421. The van der Waals surface area contributed by atoms with Gasteiger partial charge in [-0.1, -0.05) is 0 Å². The number of ether oxygens (including phenoxy) is 2. The molecular formula is C22H27N5O4. The highest BCUT2D eigenvalue weighted by Gasteiger charge is 2.22. The summed E-state index contributed by atoms with van der Waals surface area (Å²) in [6, 6.07) is 5.53. The number of rotatable bonds is 7. The van der Waals surface area contributed by atoms with E-state index >= 15 is 0 Å². The Bertz CT molecular complexity index is 1100. The van der Waals surface area contributed by atoms with Gasteiger partial charge in [-0.05, 0) is 45.9 Å². The fourth-order valence-electron chi connectivity index (χ4n) is 3.63. The fraction of sp³-hybridized carbons (Fsp3) is 0.455. The zero-order valence-electron chi connectivity index (χ0n) is 18.5. The highest BCUT2D eigenvalue weighted by molar-refractivity contribution is 5.76. The van der Waals surface area contributed by atoms with E-state index in [9.17, 15) is 4.79 Å². The second kappa shape index (κ2) is 8.41. The van der Waals surface area contributed by atoms with Crippen molar-refractivity contribution < 1.29 is 18.7 Å². The first kappa shape index (κ1) is 20.9. The van der Waals surface area contributed by atoms with Crippen molar-refractivity contribution in [2.24, 2.45) is 7.05 Å². The van der Waals surface area contributed by atoms with Gasteiger partial charge in [-0.3, -0.25) is 9.48 Å². The Hall–Kier alpha value is -3.36. The zero-order valence-corrected chi connectivity index (χ0v) is 18.5. The van der Waals surface area contributed by atoms with Crippen molar-refractivity contribution in [3.05, 3.63) is 41.0 Å². The molecule has 4 rings (SSSR count). The van der Waals surface area contributed by atoms with Crippen LogP contribution in [0.3, 0.4) is 0 Å². The summed E-state index contributed by atoms with van der Waals surface area (Å²) in [6.45, 7) is 8.78. The maximum absolute atomic E-state index is 13.0. The summed E-state index contributed by atoms with van der Waals surface area (Å²) in [7, 11) is 1.92. The molecule has 0 saturated carbocycles. The van der Waals surface area contributed by atoms with Crippen LogP contribution in [-0.4, -0.2) is 43.6 Å². The van der Waals surface area contributed by atoms with Gasteiger partial charge in [0.05, 0.1) is 5.69 Å². The number of aromatic nitrogens is 4. The summed E-state index contributed by atoms with van der Waals surface area (Å²) in [5, 5.41) is 12.7. The van der Waals surface area contributed by atoms with Crippen molar-refractivity contribution in [1.29, 1.82) is 0 Å². The largest absolute Gasteiger partial charge is 0.454 e. The molecule has 1 aliphatic heterocycles. The first-order chi connectivity index (χ1) is 14.8. The van der Waals surface area contributed by atoms with Crippen LogP contribution in [0.2, 0.25) is 0 Å². The molecule has 1 aromatic carbocycles. The zero-order chi connectivity index (χ0) is 22.1. The van der Waals surface area contributed by atoms with E-state index in [1.807, 2.05) is 62.5 Å². The van der Waals surface area contributed by atoms with E-state index in [-0.39, 0.29) is 18.7 Å². The van der Waals surface area contributed by atoms with Gasteiger partial charge in [-0.15, -0.1) is 10.2 Å². The normalized spacial score (nSPS) is 12.6. The summed E-state index contributed by atoms with van der Waals surface area (Å²) in [4.78, 5) is 14.8. The molecule has 31 heavy (non-hydrogen) atoms. The van der Waals surface area contributed by atoms with Gasteiger partial charge in [0.25, 0.3) is 0 Å². The Labute approximate surface area is 181 Å². The topological polar surface area (TPSA) is 95.5 Å². The lowest BCUT2D eigenvalue weighted by molar-refractivity contribution is -0.133. The molecule has 3 aromatic rings. The number of hydrogen-bond donors (Lipinski definition) is 0. The van der Waals surface area contributed by atoms with Gasteiger partial charge in [0.15, 0.2) is 11.5 Å². The number of amides is 1. The molecule has 164 valence electrons. The lowest BCUT2D eigenvalue weighted by Gasteiger charge is -2.27. The number of carbonyl (C=O) groups is 1. The summed E-state index contributed by atoms with van der Waals surface area (Å²) in [5.74, 6) is 2.21. The average Bonchev–Trinajstić information content (AvgIpc) is 3.44. The molecule has 0 bridgehead atoms. The average molecular weight is 425 g/mol. The van der Waals surface area contributed by atoms with Crippen LogP contribution in [0.15, 0.2) is 22.6 Å². The molecule has 0 N–H and O–H groups in total. The first-order valence-corrected chi connectivity index (χ1v) is 10.3. The van der Waals surface area contributed by atoms with Crippen LogP contribution in [0.25, 0.3) is 11.5 Å². The van der Waals surface area contributed by atoms with Crippen LogP contribution >= 0.6 is 0 Å². The van der Waals surface area contributed by atoms with Gasteiger partial charge < -0.3 is 18.8 Å². The van der Waals surface area contributed by atoms with Gasteiger partial charge >= 0.3 is 0 Å². The molecule has 0 unspecified atom stereocenters. The Morgan fingerprint density at radius 3 is 2.68 bits per heavy atom. The van der Waals surface area contributed by atoms with E-state index < -0.39 is 0 Å². The van der Waals surface area contributed by atoms with E-state index in [1.54, 1.807) is 0 Å². The Morgan fingerprint density at radius 2 is 1.97 bits per heavy atom. The molecule has 1 aliphatic rings. The predicted octanol–water partition coefficient (Wildman–Crippen LogP) is 3.19. The molecule has 9 heteroatoms. The summed E-state index contributed by atoms with van der Waals surface area (Å²) in [5.41, 5.74) is 3.86. The Balaban J connectivity index is 1.41. The summed E-state index contributed by atoms with van der Waals surface area (Å²) < 4.78 is 18.3. The second-order valence-electron chi connectivity index (χ2n) is 7.96. The minimum atomic E-state index is 0.0421. The van der Waals surface area contributed by atoms with Crippen LogP contribution in [0.5, 0.6) is 11.5 Å². The van der Waals surface area contributed by atoms with Crippen LogP contribution in [0.1, 0.15) is 43.1 Å². The molecule has 0 aliphatic carbocycles. The van der Waals surface area contributed by atoms with E-state index in [2.05, 4.69) is 15.3 Å². The van der Waals surface area contributed by atoms with Crippen LogP contribution in [0, 0.1) is 13.8 Å². The third-order valence-corrected chi connectivity index (χ3v) is 5.57. The van der Waals surface area contributed by atoms with E-state index in [4.69, 9.17) is 13.9 Å². The van der Waals surface area contributed by atoms with Crippen molar-refractivity contribution in [2.45, 2.75) is 53.1 Å². The number of nitrogens with zero attached hydrogens (tertiary/aromatic N) is 5. The molecule has 1 amide bonds. The van der Waals surface area contributed by atoms with Gasteiger partial charge in [0.2, 0.25) is 24.5 Å². The SMILES string of the molecule is Cc1nn(C)c(C)c1CN(C(=O)CCc1nnc(-c2ccc3c(c2)OCO3)o1)C(C)C. The highest BCUT2D eigenvalue weighted by Crippen LogP contribution is 2.35. The predicted molar refractivity (Wildman–Crippen MR) is 113 cm³/mol. The van der Waals surface area contributed by atoms with Gasteiger partial charge in [0.1, 0.15) is 0 Å². The van der Waals surface area contributed by atoms with Crippen LogP contribution in [-0.2, 0) is 24.8 Å². The standard InChI is InChI=1S/C22H27N5O4/c1-13(2)27(11-17-14(3)25-26(5)15(17)4)21(28)9-8-20-23-24-22(31-20)16-6-7-18-19(10-16)30-12-29-18/h6-7,10,13H,8-9,11-12H2,1-5H3. The molecule has 3 heterocycles. The van der Waals surface area contributed by atoms with Gasteiger partial charge in [-0.2, -0.15) is 5.10 Å². The molecule has 0 fully saturated rings. The second-order valence-corrected chi connectivity index (χ2v) is 7.96.